The van der Waals surface area contributed by atoms with Crippen LogP contribution in [0.2, 0.25) is 10.0 Å². The smallest absolute Gasteiger partial charge is 0.428 e. The minimum Gasteiger partial charge on any atom is -0.428 e. The number of carbonyl (C=O) groups excluding carboxylic acids is 2. The van der Waals surface area contributed by atoms with Crippen LogP contribution in [-0.4, -0.2) is 40.0 Å². The van der Waals surface area contributed by atoms with Gasteiger partial charge in [-0.1, -0.05) is 83.9 Å². The van der Waals surface area contributed by atoms with Gasteiger partial charge in [0.1, 0.15) is 12.4 Å². The standard InChI is InChI=1S/C36H29Cl2FN4O4/c1-2-42(29-11-7-4-8-12-29)35(44)33-30-22-41(47-36(45)46-23-25-9-5-3-6-10-25)21-26(19-24-13-16-28(39)17-14-24)34(30)43(40-33)32-18-15-27(37)20-31(32)38/h3-20H,2,21-23H2,1H3/b26-19+. The number of nitrogens with zero attached hydrogens (tertiary/aromatic N) is 4. The highest BCUT2D eigenvalue weighted by Crippen LogP contribution is 2.37. The lowest BCUT2D eigenvalue weighted by Crippen LogP contribution is -2.35. The molecule has 0 aliphatic carbocycles. The first-order chi connectivity index (χ1) is 22.8. The molecule has 0 saturated carbocycles. The van der Waals surface area contributed by atoms with Gasteiger partial charge in [0.15, 0.2) is 5.69 Å². The SMILES string of the molecule is CCN(C(=O)c1nn(-c2ccc(Cl)cc2Cl)c2c1CN(OC(=O)OCc1ccccc1)C/C2=C\c1ccc(F)cc1)c1ccccc1. The van der Waals surface area contributed by atoms with Crippen molar-refractivity contribution >= 4 is 52.6 Å². The molecule has 0 bridgehead atoms. The summed E-state index contributed by atoms with van der Waals surface area (Å²) < 4.78 is 20.8. The molecule has 11 heteroatoms. The maximum Gasteiger partial charge on any atom is 0.528 e. The third-order valence-corrected chi connectivity index (χ3v) is 8.09. The van der Waals surface area contributed by atoms with E-state index in [1.807, 2.05) is 73.7 Å². The van der Waals surface area contributed by atoms with Crippen molar-refractivity contribution in [2.45, 2.75) is 20.1 Å². The van der Waals surface area contributed by atoms with Crippen LogP contribution in [0, 0.1) is 5.82 Å². The third-order valence-electron chi connectivity index (χ3n) is 7.55. The topological polar surface area (TPSA) is 76.9 Å². The van der Waals surface area contributed by atoms with Gasteiger partial charge in [0, 0.05) is 22.8 Å². The molecule has 1 amide bonds. The van der Waals surface area contributed by atoms with E-state index in [9.17, 15) is 14.0 Å². The number of benzene rings is 4. The van der Waals surface area contributed by atoms with E-state index in [0.29, 0.717) is 50.4 Å². The van der Waals surface area contributed by atoms with Gasteiger partial charge in [0.05, 0.1) is 29.5 Å². The van der Waals surface area contributed by atoms with E-state index in [0.717, 1.165) is 5.56 Å². The largest absolute Gasteiger partial charge is 0.528 e. The zero-order chi connectivity index (χ0) is 32.9. The quantitative estimate of drug-likeness (QED) is 0.154. The number of aromatic nitrogens is 2. The minimum atomic E-state index is -0.904. The number of anilines is 1. The molecule has 0 unspecified atom stereocenters. The normalized spacial score (nSPS) is 13.7. The summed E-state index contributed by atoms with van der Waals surface area (Å²) in [4.78, 5) is 34.5. The first-order valence-electron chi connectivity index (χ1n) is 14.8. The molecule has 0 radical (unpaired) electrons. The number of carbonyl (C=O) groups is 2. The number of fused-ring (bicyclic) bond motifs is 1. The molecule has 0 spiro atoms. The van der Waals surface area contributed by atoms with Gasteiger partial charge in [-0.15, -0.1) is 5.06 Å². The lowest BCUT2D eigenvalue weighted by atomic mass is 9.98. The third kappa shape index (κ3) is 7.23. The second-order valence-electron chi connectivity index (χ2n) is 10.7. The number of halogens is 3. The Labute approximate surface area is 281 Å². The van der Waals surface area contributed by atoms with Gasteiger partial charge in [-0.2, -0.15) is 5.10 Å². The van der Waals surface area contributed by atoms with Crippen molar-refractivity contribution in [3.63, 3.8) is 0 Å². The molecule has 47 heavy (non-hydrogen) atoms. The summed E-state index contributed by atoms with van der Waals surface area (Å²) in [7, 11) is 0. The van der Waals surface area contributed by atoms with Crippen LogP contribution in [0.1, 0.15) is 39.8 Å². The number of hydrogen-bond donors (Lipinski definition) is 0. The average Bonchev–Trinajstić information content (AvgIpc) is 3.45. The first kappa shape index (κ1) is 32.0. The van der Waals surface area contributed by atoms with E-state index in [2.05, 4.69) is 0 Å². The Morgan fingerprint density at radius 2 is 1.64 bits per heavy atom. The molecule has 1 aliphatic rings. The highest BCUT2D eigenvalue weighted by molar-refractivity contribution is 6.35. The Morgan fingerprint density at radius 1 is 0.936 bits per heavy atom. The molecule has 0 fully saturated rings. The molecular weight excluding hydrogens is 642 g/mol. The van der Waals surface area contributed by atoms with Crippen molar-refractivity contribution < 1.29 is 23.6 Å². The van der Waals surface area contributed by atoms with E-state index in [1.54, 1.807) is 39.9 Å². The lowest BCUT2D eigenvalue weighted by Gasteiger charge is -2.28. The van der Waals surface area contributed by atoms with Crippen molar-refractivity contribution in [2.24, 2.45) is 0 Å². The van der Waals surface area contributed by atoms with Gasteiger partial charge in [0.2, 0.25) is 0 Å². The fourth-order valence-electron chi connectivity index (χ4n) is 5.39. The molecule has 5 aromatic rings. The lowest BCUT2D eigenvalue weighted by molar-refractivity contribution is -0.129. The average molecular weight is 672 g/mol. The van der Waals surface area contributed by atoms with Gasteiger partial charge in [-0.25, -0.2) is 13.9 Å². The van der Waals surface area contributed by atoms with E-state index in [-0.39, 0.29) is 37.1 Å². The number of hydroxylamine groups is 2. The molecule has 4 aromatic carbocycles. The Morgan fingerprint density at radius 3 is 2.32 bits per heavy atom. The Kier molecular flexibility index (Phi) is 9.68. The first-order valence-corrected chi connectivity index (χ1v) is 15.6. The van der Waals surface area contributed by atoms with Crippen LogP contribution in [0.3, 0.4) is 0 Å². The summed E-state index contributed by atoms with van der Waals surface area (Å²) in [6.07, 6.45) is 0.924. The van der Waals surface area contributed by atoms with E-state index < -0.39 is 6.16 Å². The van der Waals surface area contributed by atoms with Crippen LogP contribution in [0.5, 0.6) is 0 Å². The summed E-state index contributed by atoms with van der Waals surface area (Å²) in [6.45, 7) is 2.40. The minimum absolute atomic E-state index is 0.0230. The van der Waals surface area contributed by atoms with Crippen molar-refractivity contribution in [2.75, 3.05) is 18.0 Å². The maximum atomic E-state index is 14.3. The van der Waals surface area contributed by atoms with E-state index >= 15 is 0 Å². The molecule has 1 aromatic heterocycles. The number of rotatable bonds is 8. The van der Waals surface area contributed by atoms with Crippen molar-refractivity contribution in [3.8, 4) is 5.69 Å². The molecule has 238 valence electrons. The van der Waals surface area contributed by atoms with Crippen LogP contribution < -0.4 is 4.90 Å². The zero-order valence-electron chi connectivity index (χ0n) is 25.3. The van der Waals surface area contributed by atoms with Gasteiger partial charge in [-0.3, -0.25) is 4.79 Å². The van der Waals surface area contributed by atoms with E-state index in [1.165, 1.54) is 17.2 Å². The highest BCUT2D eigenvalue weighted by Gasteiger charge is 2.35. The highest BCUT2D eigenvalue weighted by atomic mass is 35.5. The molecule has 0 atom stereocenters. The van der Waals surface area contributed by atoms with Crippen molar-refractivity contribution in [1.82, 2.24) is 14.8 Å². The predicted octanol–water partition coefficient (Wildman–Crippen LogP) is 8.61. The second-order valence-corrected chi connectivity index (χ2v) is 11.5. The Hall–Kier alpha value is -4.96. The maximum absolute atomic E-state index is 14.3. The molecule has 1 aliphatic heterocycles. The number of hydrogen-bond acceptors (Lipinski definition) is 6. The summed E-state index contributed by atoms with van der Waals surface area (Å²) in [6, 6.07) is 29.5. The zero-order valence-corrected chi connectivity index (χ0v) is 26.8. The number of amides is 1. The predicted molar refractivity (Wildman–Crippen MR) is 180 cm³/mol. The van der Waals surface area contributed by atoms with Crippen LogP contribution in [0.25, 0.3) is 17.3 Å². The van der Waals surface area contributed by atoms with Crippen LogP contribution in [-0.2, 0) is 22.7 Å². The van der Waals surface area contributed by atoms with Crippen molar-refractivity contribution in [3.05, 3.63) is 147 Å². The van der Waals surface area contributed by atoms with E-state index in [4.69, 9.17) is 37.9 Å². The van der Waals surface area contributed by atoms with Crippen LogP contribution >= 0.6 is 23.2 Å². The van der Waals surface area contributed by atoms with Crippen LogP contribution in [0.15, 0.2) is 103 Å². The summed E-state index contributed by atoms with van der Waals surface area (Å²) >= 11 is 12.9. The fourth-order valence-corrected chi connectivity index (χ4v) is 5.88. The molecule has 8 nitrogen and oxygen atoms in total. The second kappa shape index (κ2) is 14.2. The monoisotopic (exact) mass is 670 g/mol. The molecule has 6 rings (SSSR count). The molecule has 2 heterocycles. The summed E-state index contributed by atoms with van der Waals surface area (Å²) in [5.41, 5.74) is 4.55. The molecule has 0 saturated heterocycles. The Bertz CT molecular complexity index is 1930. The van der Waals surface area contributed by atoms with Crippen molar-refractivity contribution in [1.29, 1.82) is 0 Å². The molecule has 0 N–H and O–H groups in total. The van der Waals surface area contributed by atoms with Crippen LogP contribution in [0.4, 0.5) is 14.9 Å². The Balaban J connectivity index is 1.46. The summed E-state index contributed by atoms with van der Waals surface area (Å²) in [5, 5.41) is 7.01. The van der Waals surface area contributed by atoms with Gasteiger partial charge < -0.3 is 14.5 Å². The van der Waals surface area contributed by atoms with Gasteiger partial charge >= 0.3 is 6.16 Å². The fraction of sp³-hybridized carbons (Fsp3) is 0.139. The number of ether oxygens (including phenoxy) is 1. The summed E-state index contributed by atoms with van der Waals surface area (Å²) in [5.74, 6) is -0.734. The number of para-hydroxylation sites is 1. The molecular formula is C36H29Cl2FN4O4. The van der Waals surface area contributed by atoms with Gasteiger partial charge in [-0.05, 0) is 72.2 Å². The van der Waals surface area contributed by atoms with Gasteiger partial charge in [0.25, 0.3) is 5.91 Å².